The summed E-state index contributed by atoms with van der Waals surface area (Å²) < 4.78 is 0. The van der Waals surface area contributed by atoms with Gasteiger partial charge in [0.25, 0.3) is 0 Å². The van der Waals surface area contributed by atoms with Gasteiger partial charge in [0, 0.05) is 12.7 Å². The Hall–Kier alpha value is -1.36. The number of carbonyl (C=O) groups excluding carboxylic acids is 1. The molecule has 1 unspecified atom stereocenters. The summed E-state index contributed by atoms with van der Waals surface area (Å²) in [5, 5.41) is 9.04. The van der Waals surface area contributed by atoms with E-state index in [9.17, 15) is 4.79 Å². The van der Waals surface area contributed by atoms with Crippen LogP contribution >= 0.6 is 0 Å². The second-order valence-corrected chi connectivity index (χ2v) is 2.82. The maximum absolute atomic E-state index is 11.4. The minimum Gasteiger partial charge on any atom is -0.330 e. The molecule has 5 heteroatoms. The number of aromatic nitrogens is 2. The highest BCUT2D eigenvalue weighted by Crippen LogP contribution is 2.06. The van der Waals surface area contributed by atoms with Crippen LogP contribution in [0.4, 0.5) is 5.69 Å². The zero-order chi connectivity index (χ0) is 9.68. The summed E-state index contributed by atoms with van der Waals surface area (Å²) >= 11 is 0. The van der Waals surface area contributed by atoms with Crippen LogP contribution in [0.25, 0.3) is 0 Å². The second-order valence-electron chi connectivity index (χ2n) is 2.82. The van der Waals surface area contributed by atoms with E-state index >= 15 is 0 Å². The van der Waals surface area contributed by atoms with Gasteiger partial charge in [-0.3, -0.25) is 9.89 Å². The van der Waals surface area contributed by atoms with Gasteiger partial charge in [0.1, 0.15) is 0 Å². The van der Waals surface area contributed by atoms with E-state index in [-0.39, 0.29) is 11.8 Å². The van der Waals surface area contributed by atoms with Crippen molar-refractivity contribution in [3.8, 4) is 0 Å². The number of nitrogens with two attached hydrogens (primary N) is 1. The SMILES string of the molecule is CCC(CN)C(=O)Nc1cn[nH]c1. The molecule has 0 aliphatic carbocycles. The fourth-order valence-electron chi connectivity index (χ4n) is 1.02. The normalized spacial score (nSPS) is 12.5. The minimum atomic E-state index is -0.116. The number of H-pyrrole nitrogens is 1. The van der Waals surface area contributed by atoms with Gasteiger partial charge in [-0.1, -0.05) is 6.92 Å². The summed E-state index contributed by atoms with van der Waals surface area (Å²) in [6.45, 7) is 2.31. The van der Waals surface area contributed by atoms with Crippen LogP contribution in [0.1, 0.15) is 13.3 Å². The van der Waals surface area contributed by atoms with Crippen molar-refractivity contribution in [3.63, 3.8) is 0 Å². The van der Waals surface area contributed by atoms with E-state index in [0.717, 1.165) is 6.42 Å². The van der Waals surface area contributed by atoms with Crippen LogP contribution in [0.2, 0.25) is 0 Å². The van der Waals surface area contributed by atoms with E-state index in [1.165, 1.54) is 0 Å². The Bertz CT molecular complexity index is 253. The molecule has 0 radical (unpaired) electrons. The van der Waals surface area contributed by atoms with Crippen molar-refractivity contribution >= 4 is 11.6 Å². The van der Waals surface area contributed by atoms with E-state index < -0.39 is 0 Å². The first-order chi connectivity index (χ1) is 6.27. The topological polar surface area (TPSA) is 83.8 Å². The maximum atomic E-state index is 11.4. The van der Waals surface area contributed by atoms with E-state index in [0.29, 0.717) is 12.2 Å². The van der Waals surface area contributed by atoms with Gasteiger partial charge in [0.2, 0.25) is 5.91 Å². The first kappa shape index (κ1) is 9.73. The average Bonchev–Trinajstić information content (AvgIpc) is 2.59. The highest BCUT2D eigenvalue weighted by atomic mass is 16.1. The van der Waals surface area contributed by atoms with Gasteiger partial charge in [-0.2, -0.15) is 5.10 Å². The molecule has 0 aliphatic heterocycles. The number of hydrogen-bond acceptors (Lipinski definition) is 3. The molecule has 0 aromatic carbocycles. The number of amides is 1. The number of nitrogens with one attached hydrogen (secondary N) is 2. The van der Waals surface area contributed by atoms with Gasteiger partial charge in [-0.05, 0) is 6.42 Å². The number of hydrogen-bond donors (Lipinski definition) is 3. The van der Waals surface area contributed by atoms with Crippen molar-refractivity contribution in [2.24, 2.45) is 11.7 Å². The van der Waals surface area contributed by atoms with Gasteiger partial charge < -0.3 is 11.1 Å². The predicted molar refractivity (Wildman–Crippen MR) is 50.1 cm³/mol. The van der Waals surface area contributed by atoms with Crippen LogP contribution in [-0.4, -0.2) is 22.6 Å². The molecule has 0 fully saturated rings. The molecule has 0 bridgehead atoms. The molecule has 13 heavy (non-hydrogen) atoms. The van der Waals surface area contributed by atoms with Crippen molar-refractivity contribution in [2.75, 3.05) is 11.9 Å². The molecule has 1 atom stereocenters. The number of rotatable bonds is 4. The minimum absolute atomic E-state index is 0.0496. The highest BCUT2D eigenvalue weighted by molar-refractivity contribution is 5.92. The first-order valence-electron chi connectivity index (χ1n) is 4.27. The summed E-state index contributed by atoms with van der Waals surface area (Å²) in [4.78, 5) is 11.4. The van der Waals surface area contributed by atoms with Crippen LogP contribution < -0.4 is 11.1 Å². The quantitative estimate of drug-likeness (QED) is 0.627. The van der Waals surface area contributed by atoms with E-state index in [1.54, 1.807) is 12.4 Å². The van der Waals surface area contributed by atoms with Crippen molar-refractivity contribution in [1.29, 1.82) is 0 Å². The van der Waals surface area contributed by atoms with Gasteiger partial charge >= 0.3 is 0 Å². The number of aromatic amines is 1. The Morgan fingerprint density at radius 1 is 1.85 bits per heavy atom. The molecule has 0 saturated carbocycles. The summed E-state index contributed by atoms with van der Waals surface area (Å²) in [5.41, 5.74) is 6.11. The Morgan fingerprint density at radius 3 is 3.08 bits per heavy atom. The standard InChI is InChI=1S/C8H14N4O/c1-2-6(3-9)8(13)12-7-4-10-11-5-7/h4-6H,2-3,9H2,1H3,(H,10,11)(H,12,13). The number of carbonyl (C=O) groups is 1. The molecule has 1 aromatic heterocycles. The van der Waals surface area contributed by atoms with Crippen molar-refractivity contribution < 1.29 is 4.79 Å². The molecule has 1 rings (SSSR count). The lowest BCUT2D eigenvalue weighted by Crippen LogP contribution is -2.28. The third-order valence-electron chi connectivity index (χ3n) is 1.91. The largest absolute Gasteiger partial charge is 0.330 e. The molecular weight excluding hydrogens is 168 g/mol. The third kappa shape index (κ3) is 2.55. The molecular formula is C8H14N4O. The molecule has 4 N–H and O–H groups in total. The van der Waals surface area contributed by atoms with Gasteiger partial charge in [0.15, 0.2) is 0 Å². The lowest BCUT2D eigenvalue weighted by Gasteiger charge is -2.10. The number of nitrogens with zero attached hydrogens (tertiary/aromatic N) is 1. The molecule has 72 valence electrons. The summed E-state index contributed by atoms with van der Waals surface area (Å²) in [6, 6.07) is 0. The lowest BCUT2D eigenvalue weighted by molar-refractivity contribution is -0.119. The summed E-state index contributed by atoms with van der Waals surface area (Å²) in [7, 11) is 0. The maximum Gasteiger partial charge on any atom is 0.228 e. The van der Waals surface area contributed by atoms with Crippen LogP contribution in [0, 0.1) is 5.92 Å². The predicted octanol–water partition coefficient (Wildman–Crippen LogP) is 0.333. The molecule has 1 heterocycles. The van der Waals surface area contributed by atoms with Crippen LogP contribution in [0.5, 0.6) is 0 Å². The second kappa shape index (κ2) is 4.61. The smallest absolute Gasteiger partial charge is 0.228 e. The summed E-state index contributed by atoms with van der Waals surface area (Å²) in [6.07, 6.45) is 3.93. The fraction of sp³-hybridized carbons (Fsp3) is 0.500. The van der Waals surface area contributed by atoms with Crippen molar-refractivity contribution in [1.82, 2.24) is 10.2 Å². The fourth-order valence-corrected chi connectivity index (χ4v) is 1.02. The van der Waals surface area contributed by atoms with E-state index in [4.69, 9.17) is 5.73 Å². The van der Waals surface area contributed by atoms with Crippen molar-refractivity contribution in [3.05, 3.63) is 12.4 Å². The first-order valence-corrected chi connectivity index (χ1v) is 4.27. The Labute approximate surface area is 76.7 Å². The Kier molecular flexibility index (Phi) is 3.45. The third-order valence-corrected chi connectivity index (χ3v) is 1.91. The monoisotopic (exact) mass is 182 g/mol. The van der Waals surface area contributed by atoms with Crippen LogP contribution in [0.15, 0.2) is 12.4 Å². The highest BCUT2D eigenvalue weighted by Gasteiger charge is 2.14. The number of anilines is 1. The molecule has 5 nitrogen and oxygen atoms in total. The van der Waals surface area contributed by atoms with Gasteiger partial charge in [-0.25, -0.2) is 0 Å². The van der Waals surface area contributed by atoms with Crippen LogP contribution in [-0.2, 0) is 4.79 Å². The molecule has 1 amide bonds. The zero-order valence-corrected chi connectivity index (χ0v) is 7.58. The van der Waals surface area contributed by atoms with E-state index in [2.05, 4.69) is 15.5 Å². The molecule has 0 aliphatic rings. The zero-order valence-electron chi connectivity index (χ0n) is 7.58. The Balaban J connectivity index is 2.49. The van der Waals surface area contributed by atoms with Crippen molar-refractivity contribution in [2.45, 2.75) is 13.3 Å². The van der Waals surface area contributed by atoms with Gasteiger partial charge in [0.05, 0.1) is 17.8 Å². The Morgan fingerprint density at radius 2 is 2.62 bits per heavy atom. The van der Waals surface area contributed by atoms with Crippen LogP contribution in [0.3, 0.4) is 0 Å². The lowest BCUT2D eigenvalue weighted by atomic mass is 10.1. The summed E-state index contributed by atoms with van der Waals surface area (Å²) in [5.74, 6) is -0.165. The molecule has 1 aromatic rings. The molecule has 0 spiro atoms. The average molecular weight is 182 g/mol. The van der Waals surface area contributed by atoms with Gasteiger partial charge in [-0.15, -0.1) is 0 Å². The van der Waals surface area contributed by atoms with E-state index in [1.807, 2.05) is 6.92 Å². The molecule has 0 saturated heterocycles.